The minimum atomic E-state index is -3.84. The molecule has 152 valence electrons. The Kier molecular flexibility index (Phi) is 5.76. The Balaban J connectivity index is 1.83. The number of aromatic nitrogens is 1. The summed E-state index contributed by atoms with van der Waals surface area (Å²) in [4.78, 5) is 6.52. The summed E-state index contributed by atoms with van der Waals surface area (Å²) in [6, 6.07) is 14.4. The van der Waals surface area contributed by atoms with Crippen LogP contribution < -0.4 is 4.90 Å². The first kappa shape index (κ1) is 20.1. The summed E-state index contributed by atoms with van der Waals surface area (Å²) in [5.41, 5.74) is 1.78. The molecule has 0 N–H and O–H groups in total. The highest BCUT2D eigenvalue weighted by molar-refractivity contribution is 9.10. The number of anilines is 1. The van der Waals surface area contributed by atoms with Gasteiger partial charge in [0.25, 0.3) is 0 Å². The van der Waals surface area contributed by atoms with Gasteiger partial charge in [-0.25, -0.2) is 8.42 Å². The summed E-state index contributed by atoms with van der Waals surface area (Å²) >= 11 is 3.44. The third kappa shape index (κ3) is 4.10. The van der Waals surface area contributed by atoms with Gasteiger partial charge in [0.15, 0.2) is 0 Å². The van der Waals surface area contributed by atoms with Gasteiger partial charge in [0, 0.05) is 23.1 Å². The van der Waals surface area contributed by atoms with E-state index < -0.39 is 9.84 Å². The fraction of sp³-hybridized carbons (Fsp3) is 0.286. The van der Waals surface area contributed by atoms with Crippen LogP contribution in [0, 0.1) is 0 Å². The van der Waals surface area contributed by atoms with Crippen LogP contribution in [0.2, 0.25) is 0 Å². The second kappa shape index (κ2) is 8.30. The molecule has 3 aromatic rings. The van der Waals surface area contributed by atoms with E-state index in [0.29, 0.717) is 31.9 Å². The zero-order valence-corrected chi connectivity index (χ0v) is 18.4. The first-order chi connectivity index (χ1) is 14.0. The van der Waals surface area contributed by atoms with Crippen LogP contribution in [-0.2, 0) is 21.0 Å². The number of aryl methyl sites for hydroxylation is 1. The molecule has 0 radical (unpaired) electrons. The van der Waals surface area contributed by atoms with Crippen LogP contribution >= 0.6 is 15.9 Å². The third-order valence-electron chi connectivity index (χ3n) is 4.85. The Morgan fingerprint density at radius 2 is 1.83 bits per heavy atom. The molecule has 6 nitrogen and oxygen atoms in total. The van der Waals surface area contributed by atoms with Gasteiger partial charge in [0.1, 0.15) is 0 Å². The van der Waals surface area contributed by atoms with E-state index in [1.54, 1.807) is 12.1 Å². The van der Waals surface area contributed by atoms with Crippen LogP contribution in [0.4, 0.5) is 5.88 Å². The first-order valence-corrected chi connectivity index (χ1v) is 11.7. The predicted octanol–water partition coefficient (Wildman–Crippen LogP) is 4.34. The van der Waals surface area contributed by atoms with Gasteiger partial charge in [-0.15, -0.1) is 0 Å². The lowest BCUT2D eigenvalue weighted by atomic mass is 10.2. The zero-order chi connectivity index (χ0) is 20.4. The van der Waals surface area contributed by atoms with Crippen molar-refractivity contribution in [3.8, 4) is 11.5 Å². The van der Waals surface area contributed by atoms with Crippen molar-refractivity contribution in [2.75, 3.05) is 31.2 Å². The largest absolute Gasteiger partial charge is 0.419 e. The molecule has 1 aromatic heterocycles. The molecule has 1 aliphatic heterocycles. The number of sulfone groups is 1. The highest BCUT2D eigenvalue weighted by Gasteiger charge is 2.32. The van der Waals surface area contributed by atoms with Crippen molar-refractivity contribution in [3.63, 3.8) is 0 Å². The number of ether oxygens (including phenoxy) is 1. The number of oxazole rings is 1. The van der Waals surface area contributed by atoms with Crippen LogP contribution in [-0.4, -0.2) is 39.7 Å². The minimum Gasteiger partial charge on any atom is -0.419 e. The molecular weight excluding hydrogens is 456 g/mol. The van der Waals surface area contributed by atoms with Crippen LogP contribution in [0.1, 0.15) is 12.5 Å². The van der Waals surface area contributed by atoms with Crippen molar-refractivity contribution >= 4 is 31.7 Å². The van der Waals surface area contributed by atoms with E-state index in [1.807, 2.05) is 48.2 Å². The Bertz CT molecular complexity index is 1100. The summed E-state index contributed by atoms with van der Waals surface area (Å²) in [7, 11) is -3.84. The summed E-state index contributed by atoms with van der Waals surface area (Å²) < 4.78 is 39.1. The van der Waals surface area contributed by atoms with Crippen molar-refractivity contribution in [2.24, 2.45) is 0 Å². The smallest absolute Gasteiger partial charge is 0.236 e. The molecule has 8 heteroatoms. The molecule has 1 saturated heterocycles. The second-order valence-corrected chi connectivity index (χ2v) is 9.52. The molecule has 0 amide bonds. The number of benzene rings is 2. The molecule has 2 aromatic carbocycles. The molecule has 1 aliphatic rings. The summed E-state index contributed by atoms with van der Waals surface area (Å²) in [6.07, 6.45) is 0.844. The molecule has 0 atom stereocenters. The van der Waals surface area contributed by atoms with E-state index >= 15 is 0 Å². The SMILES string of the molecule is CCc1ccc(S(=O)(=O)c2nc(-c3cccc(Br)c3)oc2N2CCOCC2)cc1. The average Bonchev–Trinajstić information content (AvgIpc) is 3.21. The van der Waals surface area contributed by atoms with Crippen molar-refractivity contribution in [2.45, 2.75) is 23.3 Å². The maximum absolute atomic E-state index is 13.4. The Morgan fingerprint density at radius 3 is 2.48 bits per heavy atom. The van der Waals surface area contributed by atoms with Gasteiger partial charge in [-0.1, -0.05) is 41.1 Å². The maximum atomic E-state index is 13.4. The van der Waals surface area contributed by atoms with Gasteiger partial charge in [0.05, 0.1) is 18.1 Å². The molecule has 0 unspecified atom stereocenters. The predicted molar refractivity (Wildman–Crippen MR) is 114 cm³/mol. The molecule has 2 heterocycles. The monoisotopic (exact) mass is 476 g/mol. The van der Waals surface area contributed by atoms with Gasteiger partial charge in [0.2, 0.25) is 26.6 Å². The molecule has 1 fully saturated rings. The van der Waals surface area contributed by atoms with Crippen molar-refractivity contribution in [1.29, 1.82) is 0 Å². The topological polar surface area (TPSA) is 72.6 Å². The maximum Gasteiger partial charge on any atom is 0.236 e. The van der Waals surface area contributed by atoms with E-state index in [-0.39, 0.29) is 21.7 Å². The van der Waals surface area contributed by atoms with Crippen molar-refractivity contribution in [3.05, 3.63) is 58.6 Å². The van der Waals surface area contributed by atoms with Crippen molar-refractivity contribution in [1.82, 2.24) is 4.98 Å². The minimum absolute atomic E-state index is 0.0568. The van der Waals surface area contributed by atoms with Gasteiger partial charge in [-0.05, 0) is 42.3 Å². The standard InChI is InChI=1S/C21H21BrN2O4S/c1-2-15-6-8-18(9-7-15)29(25,26)20-21(24-10-12-27-13-11-24)28-19(23-20)16-4-3-5-17(22)14-16/h3-9,14H,2,10-13H2,1H3. The van der Waals surface area contributed by atoms with E-state index in [9.17, 15) is 8.42 Å². The summed E-state index contributed by atoms with van der Waals surface area (Å²) in [5, 5.41) is -0.0568. The van der Waals surface area contributed by atoms with E-state index in [1.165, 1.54) is 0 Å². The highest BCUT2D eigenvalue weighted by Crippen LogP contribution is 2.35. The second-order valence-electron chi connectivity index (χ2n) is 6.74. The molecule has 29 heavy (non-hydrogen) atoms. The molecule has 0 aliphatic carbocycles. The Labute approximate surface area is 178 Å². The normalized spacial score (nSPS) is 14.9. The Hall–Kier alpha value is -2.16. The third-order valence-corrected chi connectivity index (χ3v) is 7.01. The van der Waals surface area contributed by atoms with Crippen LogP contribution in [0.3, 0.4) is 0 Å². The van der Waals surface area contributed by atoms with E-state index in [0.717, 1.165) is 16.5 Å². The quantitative estimate of drug-likeness (QED) is 0.545. The average molecular weight is 477 g/mol. The molecule has 0 bridgehead atoms. The molecule has 4 rings (SSSR count). The Morgan fingerprint density at radius 1 is 1.10 bits per heavy atom. The fourth-order valence-corrected chi connectivity index (χ4v) is 4.92. The zero-order valence-electron chi connectivity index (χ0n) is 16.0. The number of morpholine rings is 1. The summed E-state index contributed by atoms with van der Waals surface area (Å²) in [6.45, 7) is 4.14. The molecular formula is C21H21BrN2O4S. The van der Waals surface area contributed by atoms with Gasteiger partial charge < -0.3 is 14.1 Å². The van der Waals surface area contributed by atoms with Crippen LogP contribution in [0.25, 0.3) is 11.5 Å². The lowest BCUT2D eigenvalue weighted by molar-refractivity contribution is 0.120. The van der Waals surface area contributed by atoms with Crippen molar-refractivity contribution < 1.29 is 17.6 Å². The molecule has 0 saturated carbocycles. The fourth-order valence-electron chi connectivity index (χ4n) is 3.20. The number of halogens is 1. The highest BCUT2D eigenvalue weighted by atomic mass is 79.9. The number of hydrogen-bond acceptors (Lipinski definition) is 6. The van der Waals surface area contributed by atoms with Gasteiger partial charge in [-0.2, -0.15) is 4.98 Å². The van der Waals surface area contributed by atoms with Crippen LogP contribution in [0.5, 0.6) is 0 Å². The van der Waals surface area contributed by atoms with E-state index in [4.69, 9.17) is 9.15 Å². The number of rotatable bonds is 5. The lowest BCUT2D eigenvalue weighted by Gasteiger charge is -2.26. The molecule has 0 spiro atoms. The van der Waals surface area contributed by atoms with E-state index in [2.05, 4.69) is 20.9 Å². The van der Waals surface area contributed by atoms with Gasteiger partial charge >= 0.3 is 0 Å². The first-order valence-electron chi connectivity index (χ1n) is 9.42. The summed E-state index contributed by atoms with van der Waals surface area (Å²) in [5.74, 6) is 0.541. The number of hydrogen-bond donors (Lipinski definition) is 0. The lowest BCUT2D eigenvalue weighted by Crippen LogP contribution is -2.36. The number of nitrogens with zero attached hydrogens (tertiary/aromatic N) is 2. The van der Waals surface area contributed by atoms with Gasteiger partial charge in [-0.3, -0.25) is 0 Å². The van der Waals surface area contributed by atoms with Crippen LogP contribution in [0.15, 0.2) is 67.3 Å².